The maximum Gasteiger partial charge on any atom is 0.200 e. The Kier molecular flexibility index (Phi) is 41.5. The van der Waals surface area contributed by atoms with Crippen LogP contribution < -0.4 is 19.6 Å². The first-order valence-corrected chi connectivity index (χ1v) is 49.3. The second-order valence-electron chi connectivity index (χ2n) is 38.7. The summed E-state index contributed by atoms with van der Waals surface area (Å²) in [6.07, 6.45) is 8.53. The van der Waals surface area contributed by atoms with Gasteiger partial charge in [-0.05, 0) is 206 Å². The van der Waals surface area contributed by atoms with E-state index in [9.17, 15) is 48.3 Å². The number of fused-ring (bicyclic) bond motifs is 4. The number of ketones is 8. The summed E-state index contributed by atoms with van der Waals surface area (Å²) >= 11 is 0. The molecule has 1 aliphatic rings. The Bertz CT molecular complexity index is 6830. The first kappa shape index (κ1) is 111. The van der Waals surface area contributed by atoms with E-state index in [1.165, 1.54) is 22.3 Å². The quantitative estimate of drug-likeness (QED) is 0.0480. The SMILES string of the molecule is CC(C)C(=O)Cc1ccc(-c2ccccc2)cc1.CC(C)C(=O)c1ccc(-c2ccccc2)cc1.CC(C)C(=O)c1ccc(Oc2ccccc2)cc1.CC(C)C(=O)c1ccccc1Cc1ccccc1.CC(C)C(=O)c1cnc2ccccc2c1.CCn1cc(C(=O)C(C)C)c(=O)c2ccc(C)cc21.COc1ccc2[nH]cc(CC(=O)C(C)C)c2c1.Cc1c(C)c2c(c(C)c1O)CC[C@](C)(C(=O)C(C)C)O2. The lowest BCUT2D eigenvalue weighted by Gasteiger charge is -2.37. The molecule has 16 nitrogen and oxygen atoms in total. The van der Waals surface area contributed by atoms with Gasteiger partial charge < -0.3 is 28.9 Å². The summed E-state index contributed by atoms with van der Waals surface area (Å²) in [5.41, 5.74) is 19.3. The van der Waals surface area contributed by atoms with Crippen molar-refractivity contribution in [1.29, 1.82) is 0 Å². The first-order chi connectivity index (χ1) is 67.6. The molecule has 0 unspecified atom stereocenters. The van der Waals surface area contributed by atoms with Crippen molar-refractivity contribution in [2.75, 3.05) is 7.11 Å². The van der Waals surface area contributed by atoms with Crippen molar-refractivity contribution in [2.24, 2.45) is 47.3 Å². The fourth-order valence-electron chi connectivity index (χ4n) is 16.0. The third kappa shape index (κ3) is 30.9. The molecule has 2 N–H and O–H groups in total. The average Bonchev–Trinajstić information content (AvgIpc) is 0.870. The number of aromatic hydroxyl groups is 1. The van der Waals surface area contributed by atoms with Crippen LogP contribution in [-0.4, -0.2) is 78.6 Å². The number of ether oxygens (including phenoxy) is 3. The van der Waals surface area contributed by atoms with Crippen LogP contribution in [-0.2, 0) is 46.6 Å². The first-order valence-electron chi connectivity index (χ1n) is 49.3. The number of hydrogen-bond acceptors (Lipinski definition) is 14. The van der Waals surface area contributed by atoms with E-state index in [0.717, 1.165) is 136 Å². The van der Waals surface area contributed by atoms with Gasteiger partial charge in [0.05, 0.1) is 23.7 Å². The molecule has 738 valence electrons. The smallest absolute Gasteiger partial charge is 0.200 e. The molecule has 0 spiro atoms. The van der Waals surface area contributed by atoms with Crippen LogP contribution in [0.1, 0.15) is 233 Å². The largest absolute Gasteiger partial charge is 0.507 e. The maximum absolute atomic E-state index is 12.4. The van der Waals surface area contributed by atoms with E-state index in [0.29, 0.717) is 47.3 Å². The van der Waals surface area contributed by atoms with Gasteiger partial charge in [0, 0.05) is 135 Å². The Labute approximate surface area is 839 Å². The van der Waals surface area contributed by atoms with E-state index in [1.807, 2.05) is 388 Å². The molecule has 0 bridgehead atoms. The predicted molar refractivity (Wildman–Crippen MR) is 580 cm³/mol. The minimum absolute atomic E-state index is 0.0193. The highest BCUT2D eigenvalue weighted by Crippen LogP contribution is 2.44. The molecule has 4 heterocycles. The summed E-state index contributed by atoms with van der Waals surface area (Å²) in [6, 6.07) is 92.8. The number of hydrogen-bond donors (Lipinski definition) is 2. The molecule has 0 fully saturated rings. The molecule has 15 aromatic rings. The Morgan fingerprint density at radius 3 is 1.44 bits per heavy atom. The lowest BCUT2D eigenvalue weighted by molar-refractivity contribution is -0.137. The molecule has 142 heavy (non-hydrogen) atoms. The standard InChI is InChI=1S/C17H24O3.2C17H18O.C16H19NO2.C16H16O2.C16H16O.C14H17NO2.C13H13NO/c1-9(2)16(19)17(6)8-7-13-12(5)14(18)10(3)11(4)15(13)20-17;1-13(2)17(18)16-11-7-6-10-15(16)12-14-8-4-3-5-9-14;1-13(2)17(18)12-14-8-10-16(11-9-14)15-6-4-3-5-7-15;1-5-17-9-13(15(18)10(2)3)16(19)12-7-6-11(4)8-14(12)17;1-12(2)16(17)13-8-10-15(11-9-13)18-14-6-4-3-5-7-14;1-12(2)16(17)15-10-8-14(9-11-15)13-6-4-3-5-7-13;1-9(2)14(16)6-10-8-15-13-5-4-11(17-3)7-12(10)13;1-9(2)13(15)11-7-10-5-3-4-6-12(10)14-8-11/h9,18H,7-8H2,1-6H3;2*3-11,13H,12H2,1-2H3;6-10H,5H2,1-4H3;3-12H,1-2H3;3-12H,1-2H3;4-5,7-9,15H,6H2,1-3H3;3-9H,1-2H3/t17-;;;;;;;/m1......./s1. The number of carbonyl (C=O) groups excluding carboxylic acids is 8. The number of Topliss-reactive ketones (excluding diaryl/α,β-unsaturated/α-hetero) is 8. The summed E-state index contributed by atoms with van der Waals surface area (Å²) in [5.74, 6) is 4.93. The Morgan fingerprint density at radius 1 is 0.437 bits per heavy atom. The highest BCUT2D eigenvalue weighted by molar-refractivity contribution is 6.02. The topological polar surface area (TPSA) is 235 Å². The number of pyridine rings is 2. The van der Waals surface area contributed by atoms with E-state index < -0.39 is 5.60 Å². The molecule has 3 aromatic heterocycles. The van der Waals surface area contributed by atoms with Crippen molar-refractivity contribution >= 4 is 79.0 Å². The number of aromatic nitrogens is 3. The van der Waals surface area contributed by atoms with Crippen molar-refractivity contribution in [3.63, 3.8) is 0 Å². The second-order valence-corrected chi connectivity index (χ2v) is 38.7. The number of H-pyrrole nitrogens is 1. The van der Waals surface area contributed by atoms with Crippen molar-refractivity contribution < 1.29 is 57.7 Å². The van der Waals surface area contributed by atoms with E-state index in [-0.39, 0.29) is 93.3 Å². The van der Waals surface area contributed by atoms with Gasteiger partial charge in [0.15, 0.2) is 45.7 Å². The zero-order chi connectivity index (χ0) is 104. The van der Waals surface area contributed by atoms with Crippen LogP contribution in [0.25, 0.3) is 55.0 Å². The molecule has 16 heteroatoms. The number of aromatic amines is 1. The zero-order valence-electron chi connectivity index (χ0n) is 87.0. The fraction of sp³-hybridized carbons (Fsp3) is 0.302. The normalized spacial score (nSPS) is 12.3. The monoisotopic (exact) mass is 1900 g/mol. The second kappa shape index (κ2) is 53.1. The van der Waals surface area contributed by atoms with Gasteiger partial charge in [0.1, 0.15) is 40.3 Å². The molecule has 0 amide bonds. The van der Waals surface area contributed by atoms with Crippen LogP contribution in [0.4, 0.5) is 0 Å². The van der Waals surface area contributed by atoms with Crippen LogP contribution in [0.15, 0.2) is 309 Å². The summed E-state index contributed by atoms with van der Waals surface area (Å²) in [4.78, 5) is 115. The number of rotatable bonds is 26. The minimum atomic E-state index is -0.748. The third-order valence-corrected chi connectivity index (χ3v) is 24.9. The molecule has 16 rings (SSSR count). The number of carbonyl (C=O) groups is 8. The maximum atomic E-state index is 12.4. The Morgan fingerprint density at radius 2 is 0.908 bits per heavy atom. The van der Waals surface area contributed by atoms with Crippen LogP contribution >= 0.6 is 0 Å². The van der Waals surface area contributed by atoms with E-state index in [2.05, 4.69) is 58.5 Å². The zero-order valence-corrected chi connectivity index (χ0v) is 87.0. The Hall–Kier alpha value is -14.6. The number of nitrogens with one attached hydrogen (secondary N) is 1. The lowest BCUT2D eigenvalue weighted by atomic mass is 9.82. The summed E-state index contributed by atoms with van der Waals surface area (Å²) in [5, 5.41) is 12.9. The van der Waals surface area contributed by atoms with Gasteiger partial charge in [-0.3, -0.25) is 48.1 Å². The van der Waals surface area contributed by atoms with Crippen molar-refractivity contribution in [2.45, 2.75) is 197 Å². The molecular weight excluding hydrogens is 1760 g/mol. The van der Waals surface area contributed by atoms with Crippen LogP contribution in [0.5, 0.6) is 28.7 Å². The molecular formula is C126H141N3O13. The molecule has 0 saturated heterocycles. The van der Waals surface area contributed by atoms with Gasteiger partial charge in [0.25, 0.3) is 0 Å². The average molecular weight is 1910 g/mol. The molecule has 1 aliphatic heterocycles. The minimum Gasteiger partial charge on any atom is -0.507 e. The van der Waals surface area contributed by atoms with E-state index in [1.54, 1.807) is 31.6 Å². The number of phenols is 1. The number of benzene rings is 12. The number of methoxy groups -OCH3 is 1. The number of aryl methyl sites for hydroxylation is 2. The van der Waals surface area contributed by atoms with Crippen molar-refractivity contribution in [3.05, 3.63) is 392 Å². The summed E-state index contributed by atoms with van der Waals surface area (Å²) < 4.78 is 19.0. The van der Waals surface area contributed by atoms with Gasteiger partial charge in [-0.25, -0.2) is 0 Å². The number of phenolic OH excluding ortho intramolecular Hbond substituents is 1. The van der Waals surface area contributed by atoms with Crippen LogP contribution in [0.2, 0.25) is 0 Å². The van der Waals surface area contributed by atoms with E-state index >= 15 is 0 Å². The van der Waals surface area contributed by atoms with Gasteiger partial charge in [0.2, 0.25) is 0 Å². The Balaban J connectivity index is 0.000000181. The highest BCUT2D eigenvalue weighted by Gasteiger charge is 2.41. The van der Waals surface area contributed by atoms with Crippen LogP contribution in [0, 0.1) is 75.0 Å². The molecule has 0 radical (unpaired) electrons. The van der Waals surface area contributed by atoms with Crippen molar-refractivity contribution in [3.8, 4) is 51.0 Å². The molecule has 12 aromatic carbocycles. The molecule has 0 saturated carbocycles. The third-order valence-electron chi connectivity index (χ3n) is 24.9. The predicted octanol–water partition coefficient (Wildman–Crippen LogP) is 29.6. The number of para-hydroxylation sites is 2. The highest BCUT2D eigenvalue weighted by atomic mass is 16.5. The molecule has 1 atom stereocenters. The van der Waals surface area contributed by atoms with Crippen molar-refractivity contribution in [1.82, 2.24) is 14.5 Å². The van der Waals surface area contributed by atoms with Gasteiger partial charge in [-0.1, -0.05) is 317 Å². The van der Waals surface area contributed by atoms with Gasteiger partial charge in [-0.2, -0.15) is 0 Å². The van der Waals surface area contributed by atoms with Crippen LogP contribution in [0.3, 0.4) is 0 Å². The fourth-order valence-corrected chi connectivity index (χ4v) is 16.0. The summed E-state index contributed by atoms with van der Waals surface area (Å²) in [6.45, 7) is 42.9. The molecule has 0 aliphatic carbocycles. The van der Waals surface area contributed by atoms with Gasteiger partial charge >= 0.3 is 0 Å². The summed E-state index contributed by atoms with van der Waals surface area (Å²) in [7, 11) is 1.65. The number of nitrogens with zero attached hydrogens (tertiary/aromatic N) is 2. The lowest BCUT2D eigenvalue weighted by Crippen LogP contribution is -2.46. The van der Waals surface area contributed by atoms with E-state index in [4.69, 9.17) is 14.2 Å². The van der Waals surface area contributed by atoms with Gasteiger partial charge in [-0.15, -0.1) is 0 Å².